The highest BCUT2D eigenvalue weighted by atomic mass is 32.2. The van der Waals surface area contributed by atoms with E-state index in [1.165, 1.54) is 12.1 Å². The van der Waals surface area contributed by atoms with Gasteiger partial charge in [-0.2, -0.15) is 0 Å². The summed E-state index contributed by atoms with van der Waals surface area (Å²) >= 11 is 0. The minimum Gasteiger partial charge on any atom is -0.395 e. The van der Waals surface area contributed by atoms with E-state index in [4.69, 9.17) is 10.9 Å². The summed E-state index contributed by atoms with van der Waals surface area (Å²) in [6.07, 6.45) is 0. The summed E-state index contributed by atoms with van der Waals surface area (Å²) in [6.45, 7) is 0.0898. The highest BCUT2D eigenvalue weighted by molar-refractivity contribution is 7.89. The molecule has 7 heteroatoms. The van der Waals surface area contributed by atoms with Crippen LogP contribution >= 0.6 is 0 Å². The van der Waals surface area contributed by atoms with Gasteiger partial charge in [-0.15, -0.1) is 0 Å². The van der Waals surface area contributed by atoms with Crippen molar-refractivity contribution in [1.29, 1.82) is 0 Å². The van der Waals surface area contributed by atoms with E-state index in [0.717, 1.165) is 0 Å². The van der Waals surface area contributed by atoms with Crippen molar-refractivity contribution in [3.63, 3.8) is 0 Å². The van der Waals surface area contributed by atoms with E-state index in [1.807, 2.05) is 0 Å². The molecule has 0 fully saturated rings. The average Bonchev–Trinajstić information content (AvgIpc) is 2.10. The summed E-state index contributed by atoms with van der Waals surface area (Å²) in [5.41, 5.74) is 5.74. The van der Waals surface area contributed by atoms with E-state index in [-0.39, 0.29) is 18.0 Å². The summed E-state index contributed by atoms with van der Waals surface area (Å²) in [4.78, 5) is 0. The molecule has 0 aliphatic rings. The van der Waals surface area contributed by atoms with Gasteiger partial charge < -0.3 is 11.1 Å². The lowest BCUT2D eigenvalue weighted by atomic mass is 10.2. The van der Waals surface area contributed by atoms with Crippen LogP contribution < -0.4 is 16.2 Å². The van der Waals surface area contributed by atoms with Gasteiger partial charge in [0.2, 0.25) is 10.0 Å². The lowest BCUT2D eigenvalue weighted by Crippen LogP contribution is -2.22. The molecule has 1 aromatic rings. The van der Waals surface area contributed by atoms with E-state index in [9.17, 15) is 12.8 Å². The molecule has 0 amide bonds. The molecule has 1 aromatic carbocycles. The third kappa shape index (κ3) is 3.72. The predicted molar refractivity (Wildman–Crippen MR) is 57.3 cm³/mol. The quantitative estimate of drug-likeness (QED) is 0.643. The molecule has 0 aliphatic carbocycles. The van der Waals surface area contributed by atoms with E-state index in [2.05, 4.69) is 5.32 Å². The third-order valence-corrected chi connectivity index (χ3v) is 2.53. The molecule has 0 aliphatic heterocycles. The zero-order chi connectivity index (χ0) is 11.5. The van der Waals surface area contributed by atoms with Crippen LogP contribution in [0.1, 0.15) is 0 Å². The Morgan fingerprint density at radius 3 is 2.67 bits per heavy atom. The Hall–Kier alpha value is -1.34. The number of primary sulfonamides is 1. The second kappa shape index (κ2) is 4.45. The molecule has 0 saturated carbocycles. The molecule has 0 spiro atoms. The van der Waals surface area contributed by atoms with Gasteiger partial charge in [-0.3, -0.25) is 0 Å². The van der Waals surface area contributed by atoms with Gasteiger partial charge in [-0.05, 0) is 12.1 Å². The van der Waals surface area contributed by atoms with Crippen molar-refractivity contribution in [1.82, 2.24) is 0 Å². The highest BCUT2D eigenvalue weighted by Gasteiger charge is 2.05. The summed E-state index contributed by atoms with van der Waals surface area (Å²) in [6, 6.07) is 4.26. The Balaban J connectivity index is 2.62. The number of para-hydroxylation sites is 1. The molecule has 0 aromatic heterocycles. The number of anilines is 2. The second-order valence-electron chi connectivity index (χ2n) is 2.99. The first-order chi connectivity index (χ1) is 6.90. The number of nitrogen functional groups attached to an aromatic ring is 1. The highest BCUT2D eigenvalue weighted by Crippen LogP contribution is 2.20. The number of nitrogens with one attached hydrogen (secondary N) is 1. The van der Waals surface area contributed by atoms with Crippen molar-refractivity contribution in [2.24, 2.45) is 5.14 Å². The summed E-state index contributed by atoms with van der Waals surface area (Å²) < 4.78 is 34.1. The number of rotatable bonds is 4. The average molecular weight is 233 g/mol. The molecular weight excluding hydrogens is 221 g/mol. The minimum absolute atomic E-state index is 0.0353. The SMILES string of the molecule is Nc1c(F)cccc1NCCS(N)(=O)=O. The van der Waals surface area contributed by atoms with Gasteiger partial charge >= 0.3 is 0 Å². The zero-order valence-electron chi connectivity index (χ0n) is 7.90. The maximum absolute atomic E-state index is 12.9. The first kappa shape index (κ1) is 11.7. The van der Waals surface area contributed by atoms with Crippen LogP contribution in [0, 0.1) is 5.82 Å². The predicted octanol–water partition coefficient (Wildman–Crippen LogP) is 0.108. The molecule has 0 bridgehead atoms. The van der Waals surface area contributed by atoms with E-state index in [0.29, 0.717) is 5.69 Å². The fourth-order valence-corrected chi connectivity index (χ4v) is 1.41. The Morgan fingerprint density at radius 1 is 1.40 bits per heavy atom. The number of hydrogen-bond acceptors (Lipinski definition) is 4. The Bertz CT molecular complexity index is 447. The molecule has 5 N–H and O–H groups in total. The molecule has 0 saturated heterocycles. The van der Waals surface area contributed by atoms with Gasteiger partial charge in [0.1, 0.15) is 5.82 Å². The molecule has 0 atom stereocenters. The lowest BCUT2D eigenvalue weighted by Gasteiger charge is -2.08. The minimum atomic E-state index is -3.51. The van der Waals surface area contributed by atoms with Gasteiger partial charge in [0.05, 0.1) is 17.1 Å². The zero-order valence-corrected chi connectivity index (χ0v) is 8.72. The largest absolute Gasteiger partial charge is 0.395 e. The van der Waals surface area contributed by atoms with Gasteiger partial charge in [0.15, 0.2) is 0 Å². The maximum Gasteiger partial charge on any atom is 0.210 e. The van der Waals surface area contributed by atoms with Gasteiger partial charge in [0.25, 0.3) is 0 Å². The Morgan fingerprint density at radius 2 is 2.07 bits per heavy atom. The van der Waals surface area contributed by atoms with Crippen LogP contribution in [0.3, 0.4) is 0 Å². The number of benzene rings is 1. The molecule has 15 heavy (non-hydrogen) atoms. The van der Waals surface area contributed by atoms with Crippen molar-refractivity contribution < 1.29 is 12.8 Å². The van der Waals surface area contributed by atoms with Crippen LogP contribution in [0.5, 0.6) is 0 Å². The summed E-state index contributed by atoms with van der Waals surface area (Å²) in [5, 5.41) is 7.48. The topological polar surface area (TPSA) is 98.2 Å². The van der Waals surface area contributed by atoms with Crippen LogP contribution in [0.25, 0.3) is 0 Å². The number of sulfonamides is 1. The lowest BCUT2D eigenvalue weighted by molar-refractivity contribution is 0.598. The number of nitrogens with two attached hydrogens (primary N) is 2. The maximum atomic E-state index is 12.9. The number of halogens is 1. The smallest absolute Gasteiger partial charge is 0.210 e. The molecule has 1 rings (SSSR count). The van der Waals surface area contributed by atoms with E-state index in [1.54, 1.807) is 6.07 Å². The van der Waals surface area contributed by atoms with Crippen molar-refractivity contribution in [2.75, 3.05) is 23.3 Å². The second-order valence-corrected chi connectivity index (χ2v) is 4.73. The Kier molecular flexibility index (Phi) is 3.48. The van der Waals surface area contributed by atoms with Gasteiger partial charge in [-0.25, -0.2) is 17.9 Å². The van der Waals surface area contributed by atoms with Crippen molar-refractivity contribution in [3.05, 3.63) is 24.0 Å². The van der Waals surface area contributed by atoms with Crippen LogP contribution in [0.4, 0.5) is 15.8 Å². The van der Waals surface area contributed by atoms with E-state index >= 15 is 0 Å². The fourth-order valence-electron chi connectivity index (χ4n) is 1.02. The Labute approximate surface area is 87.3 Å². The molecular formula is C8H12FN3O2S. The molecule has 0 radical (unpaired) electrons. The summed E-state index contributed by atoms with van der Waals surface area (Å²) in [5.74, 6) is -0.779. The third-order valence-electron chi connectivity index (χ3n) is 1.75. The van der Waals surface area contributed by atoms with Gasteiger partial charge in [-0.1, -0.05) is 6.07 Å². The van der Waals surface area contributed by atoms with Crippen molar-refractivity contribution in [3.8, 4) is 0 Å². The van der Waals surface area contributed by atoms with Crippen molar-refractivity contribution in [2.45, 2.75) is 0 Å². The monoisotopic (exact) mass is 233 g/mol. The van der Waals surface area contributed by atoms with Gasteiger partial charge in [0, 0.05) is 6.54 Å². The van der Waals surface area contributed by atoms with E-state index < -0.39 is 15.8 Å². The van der Waals surface area contributed by atoms with Crippen LogP contribution in [-0.2, 0) is 10.0 Å². The summed E-state index contributed by atoms with van der Waals surface area (Å²) in [7, 11) is -3.51. The first-order valence-electron chi connectivity index (χ1n) is 4.18. The molecule has 0 heterocycles. The van der Waals surface area contributed by atoms with Crippen LogP contribution in [-0.4, -0.2) is 20.7 Å². The van der Waals surface area contributed by atoms with Crippen molar-refractivity contribution >= 4 is 21.4 Å². The molecule has 5 nitrogen and oxygen atoms in total. The van der Waals surface area contributed by atoms with Crippen LogP contribution in [0.2, 0.25) is 0 Å². The molecule has 0 unspecified atom stereocenters. The molecule has 84 valence electrons. The number of hydrogen-bond donors (Lipinski definition) is 3. The fraction of sp³-hybridized carbons (Fsp3) is 0.250. The normalized spacial score (nSPS) is 11.3. The van der Waals surface area contributed by atoms with Crippen LogP contribution in [0.15, 0.2) is 18.2 Å². The first-order valence-corrected chi connectivity index (χ1v) is 5.90. The standard InChI is InChI=1S/C8H12FN3O2S/c9-6-2-1-3-7(8(6)10)12-4-5-15(11,13)14/h1-3,12H,4-5,10H2,(H2,11,13,14).